The SMILES string of the molecule is CCCCCCCCCCCC(=O)N(C(=O)O)C(CC)C(=O)O. The van der Waals surface area contributed by atoms with Crippen molar-refractivity contribution in [2.45, 2.75) is 90.5 Å². The highest BCUT2D eigenvalue weighted by molar-refractivity contribution is 5.95. The summed E-state index contributed by atoms with van der Waals surface area (Å²) in [4.78, 5) is 34.6. The van der Waals surface area contributed by atoms with Crippen LogP contribution in [0, 0.1) is 0 Å². The van der Waals surface area contributed by atoms with E-state index in [0.29, 0.717) is 11.3 Å². The standard InChI is InChI=1S/C17H31NO5/c1-3-5-6-7-8-9-10-11-12-13-15(19)18(17(22)23)14(4-2)16(20)21/h14H,3-13H2,1-2H3,(H,20,21)(H,22,23). The van der Waals surface area contributed by atoms with Crippen molar-refractivity contribution in [2.75, 3.05) is 0 Å². The van der Waals surface area contributed by atoms with E-state index < -0.39 is 24.0 Å². The lowest BCUT2D eigenvalue weighted by molar-refractivity contribution is -0.148. The molecular formula is C17H31NO5. The number of carboxylic acid groups (broad SMARTS) is 2. The highest BCUT2D eigenvalue weighted by atomic mass is 16.4. The van der Waals surface area contributed by atoms with Crippen molar-refractivity contribution in [3.63, 3.8) is 0 Å². The maximum atomic E-state index is 12.0. The summed E-state index contributed by atoms with van der Waals surface area (Å²) in [6.07, 6.45) is 8.55. The fraction of sp³-hybridized carbons (Fsp3) is 0.824. The number of carboxylic acids is 1. The summed E-state index contributed by atoms with van der Waals surface area (Å²) in [7, 11) is 0. The zero-order chi connectivity index (χ0) is 17.7. The van der Waals surface area contributed by atoms with Crippen LogP contribution in [-0.2, 0) is 9.59 Å². The van der Waals surface area contributed by atoms with E-state index in [-0.39, 0.29) is 12.8 Å². The number of hydrogen-bond acceptors (Lipinski definition) is 3. The normalized spacial score (nSPS) is 11.9. The van der Waals surface area contributed by atoms with Gasteiger partial charge in [0.15, 0.2) is 0 Å². The van der Waals surface area contributed by atoms with Crippen LogP contribution in [-0.4, -0.2) is 39.1 Å². The molecule has 0 aliphatic heterocycles. The zero-order valence-corrected chi connectivity index (χ0v) is 14.4. The first kappa shape index (κ1) is 21.4. The molecule has 0 aliphatic carbocycles. The van der Waals surface area contributed by atoms with Crippen LogP contribution in [0.4, 0.5) is 4.79 Å². The van der Waals surface area contributed by atoms with Gasteiger partial charge >= 0.3 is 12.1 Å². The molecule has 0 bridgehead atoms. The minimum atomic E-state index is -1.49. The van der Waals surface area contributed by atoms with Crippen LogP contribution in [0.5, 0.6) is 0 Å². The van der Waals surface area contributed by atoms with Crippen molar-refractivity contribution in [3.05, 3.63) is 0 Å². The van der Waals surface area contributed by atoms with Crippen molar-refractivity contribution in [1.82, 2.24) is 4.90 Å². The van der Waals surface area contributed by atoms with E-state index in [4.69, 9.17) is 10.2 Å². The van der Waals surface area contributed by atoms with Crippen LogP contribution in [0.25, 0.3) is 0 Å². The van der Waals surface area contributed by atoms with Crippen LogP contribution < -0.4 is 0 Å². The number of rotatable bonds is 13. The molecule has 0 heterocycles. The molecule has 2 N–H and O–H groups in total. The van der Waals surface area contributed by atoms with Gasteiger partial charge in [0.25, 0.3) is 0 Å². The Balaban J connectivity index is 4.01. The molecule has 0 spiro atoms. The summed E-state index contributed by atoms with van der Waals surface area (Å²) < 4.78 is 0. The van der Waals surface area contributed by atoms with E-state index in [1.165, 1.54) is 32.1 Å². The quantitative estimate of drug-likeness (QED) is 0.492. The van der Waals surface area contributed by atoms with E-state index in [0.717, 1.165) is 19.3 Å². The first-order chi connectivity index (χ1) is 11.0. The third-order valence-electron chi connectivity index (χ3n) is 3.95. The molecule has 23 heavy (non-hydrogen) atoms. The van der Waals surface area contributed by atoms with Gasteiger partial charge in [-0.3, -0.25) is 4.79 Å². The number of amides is 2. The Morgan fingerprint density at radius 3 is 1.70 bits per heavy atom. The molecule has 0 saturated carbocycles. The summed E-state index contributed by atoms with van der Waals surface area (Å²) in [5, 5.41) is 18.1. The summed E-state index contributed by atoms with van der Waals surface area (Å²) in [6.45, 7) is 3.74. The highest BCUT2D eigenvalue weighted by Crippen LogP contribution is 2.13. The number of imide groups is 1. The number of aliphatic carboxylic acids is 1. The predicted octanol–water partition coefficient (Wildman–Crippen LogP) is 4.28. The van der Waals surface area contributed by atoms with Gasteiger partial charge < -0.3 is 10.2 Å². The fourth-order valence-electron chi connectivity index (χ4n) is 2.59. The Morgan fingerprint density at radius 2 is 1.30 bits per heavy atom. The van der Waals surface area contributed by atoms with Crippen LogP contribution in [0.3, 0.4) is 0 Å². The van der Waals surface area contributed by atoms with Gasteiger partial charge in [0, 0.05) is 6.42 Å². The van der Waals surface area contributed by atoms with Gasteiger partial charge in [0.1, 0.15) is 6.04 Å². The van der Waals surface area contributed by atoms with E-state index in [1.54, 1.807) is 6.92 Å². The number of carbonyl (C=O) groups excluding carboxylic acids is 1. The molecule has 134 valence electrons. The van der Waals surface area contributed by atoms with Gasteiger partial charge in [-0.1, -0.05) is 65.2 Å². The Labute approximate surface area is 138 Å². The Kier molecular flexibility index (Phi) is 12.0. The summed E-state index contributed by atoms with van der Waals surface area (Å²) in [5.41, 5.74) is 0. The second kappa shape index (κ2) is 12.9. The van der Waals surface area contributed by atoms with Crippen molar-refractivity contribution < 1.29 is 24.6 Å². The molecule has 0 radical (unpaired) electrons. The average Bonchev–Trinajstić information content (AvgIpc) is 2.49. The first-order valence-electron chi connectivity index (χ1n) is 8.73. The van der Waals surface area contributed by atoms with Crippen LogP contribution in [0.1, 0.15) is 84.5 Å². The van der Waals surface area contributed by atoms with Gasteiger partial charge in [0.2, 0.25) is 5.91 Å². The topological polar surface area (TPSA) is 94.9 Å². The molecule has 0 saturated heterocycles. The summed E-state index contributed by atoms with van der Waals surface area (Å²) in [6, 6.07) is -1.29. The maximum absolute atomic E-state index is 12.0. The summed E-state index contributed by atoms with van der Waals surface area (Å²) >= 11 is 0. The van der Waals surface area contributed by atoms with Gasteiger partial charge in [-0.2, -0.15) is 0 Å². The zero-order valence-electron chi connectivity index (χ0n) is 14.4. The smallest absolute Gasteiger partial charge is 0.414 e. The summed E-state index contributed by atoms with van der Waals surface area (Å²) in [5.74, 6) is -1.90. The second-order valence-electron chi connectivity index (χ2n) is 5.89. The van der Waals surface area contributed by atoms with Gasteiger partial charge in [-0.25, -0.2) is 14.5 Å². The largest absolute Gasteiger partial charge is 0.480 e. The Morgan fingerprint density at radius 1 is 0.826 bits per heavy atom. The number of hydrogen-bond donors (Lipinski definition) is 2. The van der Waals surface area contributed by atoms with Crippen molar-refractivity contribution >= 4 is 18.0 Å². The fourth-order valence-corrected chi connectivity index (χ4v) is 2.59. The molecule has 0 aromatic rings. The first-order valence-corrected chi connectivity index (χ1v) is 8.73. The average molecular weight is 329 g/mol. The van der Waals surface area contributed by atoms with E-state index in [9.17, 15) is 14.4 Å². The lowest BCUT2D eigenvalue weighted by Crippen LogP contribution is -2.47. The lowest BCUT2D eigenvalue weighted by atomic mass is 10.1. The molecule has 0 aromatic carbocycles. The third kappa shape index (κ3) is 9.21. The van der Waals surface area contributed by atoms with Crippen molar-refractivity contribution in [1.29, 1.82) is 0 Å². The molecule has 1 unspecified atom stereocenters. The van der Waals surface area contributed by atoms with Gasteiger partial charge in [0.05, 0.1) is 0 Å². The second-order valence-corrected chi connectivity index (χ2v) is 5.89. The molecule has 0 rings (SSSR count). The number of nitrogens with zero attached hydrogens (tertiary/aromatic N) is 1. The van der Waals surface area contributed by atoms with Crippen LogP contribution in [0.15, 0.2) is 0 Å². The minimum Gasteiger partial charge on any atom is -0.480 e. The minimum absolute atomic E-state index is 0.0745. The lowest BCUT2D eigenvalue weighted by Gasteiger charge is -2.23. The molecule has 6 heteroatoms. The maximum Gasteiger partial charge on any atom is 0.414 e. The van der Waals surface area contributed by atoms with Crippen molar-refractivity contribution in [3.8, 4) is 0 Å². The molecular weight excluding hydrogens is 298 g/mol. The molecule has 0 fully saturated rings. The highest BCUT2D eigenvalue weighted by Gasteiger charge is 2.32. The predicted molar refractivity (Wildman–Crippen MR) is 88.4 cm³/mol. The van der Waals surface area contributed by atoms with E-state index in [1.807, 2.05) is 0 Å². The molecule has 2 amide bonds. The number of carbonyl (C=O) groups is 3. The Bertz CT molecular complexity index is 370. The molecule has 6 nitrogen and oxygen atoms in total. The van der Waals surface area contributed by atoms with E-state index >= 15 is 0 Å². The van der Waals surface area contributed by atoms with Gasteiger partial charge in [-0.15, -0.1) is 0 Å². The number of unbranched alkanes of at least 4 members (excludes halogenated alkanes) is 8. The molecule has 0 aliphatic rings. The van der Waals surface area contributed by atoms with Crippen LogP contribution >= 0.6 is 0 Å². The molecule has 0 aromatic heterocycles. The van der Waals surface area contributed by atoms with E-state index in [2.05, 4.69) is 6.92 Å². The van der Waals surface area contributed by atoms with Gasteiger partial charge in [-0.05, 0) is 12.8 Å². The Hall–Kier alpha value is -1.59. The van der Waals surface area contributed by atoms with Crippen LogP contribution in [0.2, 0.25) is 0 Å². The van der Waals surface area contributed by atoms with Crippen molar-refractivity contribution in [2.24, 2.45) is 0 Å². The monoisotopic (exact) mass is 329 g/mol. The molecule has 1 atom stereocenters. The third-order valence-corrected chi connectivity index (χ3v) is 3.95.